The molecule has 0 aromatic heterocycles. The maximum Gasteiger partial charge on any atom is 0.336 e. The van der Waals surface area contributed by atoms with Gasteiger partial charge in [-0.05, 0) is 12.3 Å². The minimum absolute atomic E-state index is 0.0649. The van der Waals surface area contributed by atoms with E-state index in [1.165, 1.54) is 0 Å². The fourth-order valence-electron chi connectivity index (χ4n) is 4.82. The summed E-state index contributed by atoms with van der Waals surface area (Å²) in [5, 5.41) is 19.6. The van der Waals surface area contributed by atoms with Gasteiger partial charge in [-0.3, -0.25) is 0 Å². The van der Waals surface area contributed by atoms with Gasteiger partial charge in [-0.25, -0.2) is 9.59 Å². The molecule has 0 bridgehead atoms. The number of hydrogen-bond acceptors (Lipinski definition) is 7. The predicted octanol–water partition coefficient (Wildman–Crippen LogP) is 0.270. The number of epoxide rings is 1. The van der Waals surface area contributed by atoms with Crippen LogP contribution in [0, 0.1) is 17.8 Å². The van der Waals surface area contributed by atoms with E-state index in [1.54, 1.807) is 0 Å². The molecule has 4 aliphatic rings. The summed E-state index contributed by atoms with van der Waals surface area (Å²) in [4.78, 5) is 24.4. The molecule has 7 heteroatoms. The van der Waals surface area contributed by atoms with Crippen LogP contribution in [0.2, 0.25) is 0 Å². The van der Waals surface area contributed by atoms with Crippen LogP contribution in [-0.2, 0) is 23.8 Å². The normalized spacial score (nSPS) is 43.5. The Bertz CT molecular complexity index is 719. The van der Waals surface area contributed by atoms with Crippen molar-refractivity contribution in [2.45, 2.75) is 36.8 Å². The van der Waals surface area contributed by atoms with E-state index in [0.29, 0.717) is 19.4 Å². The van der Waals surface area contributed by atoms with Gasteiger partial charge in [0, 0.05) is 17.9 Å². The molecule has 2 heterocycles. The Balaban J connectivity index is 1.70. The highest BCUT2D eigenvalue weighted by atomic mass is 16.6. The van der Waals surface area contributed by atoms with E-state index >= 15 is 0 Å². The second-order valence-electron chi connectivity index (χ2n) is 7.62. The summed E-state index contributed by atoms with van der Waals surface area (Å²) >= 11 is 0. The van der Waals surface area contributed by atoms with E-state index in [4.69, 9.17) is 19.3 Å². The highest BCUT2D eigenvalue weighted by Crippen LogP contribution is 2.60. The lowest BCUT2D eigenvalue weighted by Gasteiger charge is -2.30. The van der Waals surface area contributed by atoms with Crippen LogP contribution in [0.15, 0.2) is 36.5 Å². The minimum Gasteiger partial charge on any atom is -0.458 e. The summed E-state index contributed by atoms with van der Waals surface area (Å²) < 4.78 is 16.8. The van der Waals surface area contributed by atoms with Gasteiger partial charge >= 0.3 is 11.9 Å². The van der Waals surface area contributed by atoms with Gasteiger partial charge in [0.2, 0.25) is 0 Å². The van der Waals surface area contributed by atoms with Crippen molar-refractivity contribution in [1.82, 2.24) is 0 Å². The van der Waals surface area contributed by atoms with Crippen molar-refractivity contribution in [3.05, 3.63) is 36.5 Å². The van der Waals surface area contributed by atoms with Crippen LogP contribution in [0.5, 0.6) is 0 Å². The van der Waals surface area contributed by atoms with Crippen LogP contribution >= 0.6 is 0 Å². The fraction of sp³-hybridized carbons (Fsp3) is 0.579. The number of fused-ring (bicyclic) bond motifs is 4. The molecule has 2 saturated carbocycles. The van der Waals surface area contributed by atoms with Crippen molar-refractivity contribution in [3.8, 4) is 0 Å². The van der Waals surface area contributed by atoms with Gasteiger partial charge in [-0.2, -0.15) is 0 Å². The number of carbonyl (C=O) groups excluding carboxylic acids is 2. The van der Waals surface area contributed by atoms with Crippen LogP contribution in [0.3, 0.4) is 0 Å². The van der Waals surface area contributed by atoms with Gasteiger partial charge in [0.15, 0.2) is 0 Å². The average Bonchev–Trinajstić information content (AvgIpc) is 3.29. The van der Waals surface area contributed by atoms with E-state index in [1.807, 2.05) is 0 Å². The van der Waals surface area contributed by atoms with Crippen molar-refractivity contribution >= 4 is 11.9 Å². The van der Waals surface area contributed by atoms with E-state index in [0.717, 1.165) is 5.57 Å². The molecule has 0 aromatic rings. The van der Waals surface area contributed by atoms with Crippen molar-refractivity contribution in [2.24, 2.45) is 17.8 Å². The molecular weight excluding hydrogens is 340 g/mol. The first-order valence-corrected chi connectivity index (χ1v) is 8.69. The summed E-state index contributed by atoms with van der Waals surface area (Å²) in [7, 11) is 0. The molecule has 2 aliphatic carbocycles. The summed E-state index contributed by atoms with van der Waals surface area (Å²) in [6.07, 6.45) is -1.14. The Hall–Kier alpha value is -1.96. The van der Waals surface area contributed by atoms with Crippen LogP contribution in [0.1, 0.15) is 12.8 Å². The van der Waals surface area contributed by atoms with Gasteiger partial charge < -0.3 is 24.4 Å². The number of aliphatic hydroxyl groups is 2. The van der Waals surface area contributed by atoms with Crippen LogP contribution in [0.4, 0.5) is 0 Å². The summed E-state index contributed by atoms with van der Waals surface area (Å²) in [6.45, 7) is 11.4. The number of carbonyl (C=O) groups is 2. The molecule has 0 radical (unpaired) electrons. The molecule has 0 unspecified atom stereocenters. The van der Waals surface area contributed by atoms with Gasteiger partial charge in [0.25, 0.3) is 0 Å². The maximum atomic E-state index is 12.2. The Morgan fingerprint density at radius 3 is 2.69 bits per heavy atom. The molecule has 0 amide bonds. The molecule has 26 heavy (non-hydrogen) atoms. The fourth-order valence-corrected chi connectivity index (χ4v) is 4.82. The SMILES string of the molecule is C=C(CO)C(=O)O[C@H]1CC(=C)[C@@H]2C[C@H](O)[C@]3(CO3)[C@@H]2[C@H]2OC(=O)C(=C)[C@@H]21. The number of esters is 2. The third kappa shape index (κ3) is 2.31. The standard InChI is InChI=1S/C19H22O7/c1-8-4-12(25-17(22)9(2)6-20)14-10(3)18(23)26-16(14)15-11(8)5-13(21)19(15)7-24-19/h11-16,20-21H,1-7H2/t11-,12-,13-,14+,15-,16-,19+/m0/s1. The summed E-state index contributed by atoms with van der Waals surface area (Å²) in [5.41, 5.74) is 0.277. The molecule has 2 aliphatic heterocycles. The zero-order valence-corrected chi connectivity index (χ0v) is 14.3. The largest absolute Gasteiger partial charge is 0.458 e. The number of ether oxygens (including phenoxy) is 3. The lowest BCUT2D eigenvalue weighted by atomic mass is 9.78. The van der Waals surface area contributed by atoms with E-state index in [9.17, 15) is 14.7 Å². The number of hydrogen-bond donors (Lipinski definition) is 2. The van der Waals surface area contributed by atoms with Crippen molar-refractivity contribution in [2.75, 3.05) is 13.2 Å². The van der Waals surface area contributed by atoms with Crippen LogP contribution in [0.25, 0.3) is 0 Å². The third-order valence-corrected chi connectivity index (χ3v) is 6.26. The first kappa shape index (κ1) is 17.5. The van der Waals surface area contributed by atoms with E-state index in [2.05, 4.69) is 19.7 Å². The Morgan fingerprint density at radius 2 is 2.08 bits per heavy atom. The van der Waals surface area contributed by atoms with Gasteiger partial charge in [0.1, 0.15) is 17.8 Å². The lowest BCUT2D eigenvalue weighted by molar-refractivity contribution is -0.149. The second kappa shape index (κ2) is 5.77. The minimum atomic E-state index is -0.727. The first-order valence-electron chi connectivity index (χ1n) is 8.69. The topological polar surface area (TPSA) is 106 Å². The zero-order valence-electron chi connectivity index (χ0n) is 14.3. The molecule has 140 valence electrons. The Labute approximate surface area is 150 Å². The van der Waals surface area contributed by atoms with Gasteiger partial charge in [-0.15, -0.1) is 0 Å². The molecule has 0 aromatic carbocycles. The average molecular weight is 362 g/mol. The number of rotatable bonds is 3. The third-order valence-electron chi connectivity index (χ3n) is 6.26. The van der Waals surface area contributed by atoms with Gasteiger partial charge in [-0.1, -0.05) is 25.3 Å². The summed E-state index contributed by atoms with van der Waals surface area (Å²) in [6, 6.07) is 0. The second-order valence-corrected chi connectivity index (χ2v) is 7.62. The van der Waals surface area contributed by atoms with Gasteiger partial charge in [0.05, 0.1) is 30.8 Å². The van der Waals surface area contributed by atoms with Crippen LogP contribution in [-0.4, -0.2) is 59.3 Å². The van der Waals surface area contributed by atoms with E-state index < -0.39 is 48.4 Å². The predicted molar refractivity (Wildman–Crippen MR) is 88.7 cm³/mol. The van der Waals surface area contributed by atoms with Crippen molar-refractivity contribution < 1.29 is 34.0 Å². The molecule has 1 spiro atoms. The summed E-state index contributed by atoms with van der Waals surface area (Å²) in [5.74, 6) is -2.13. The number of aliphatic hydroxyl groups excluding tert-OH is 2. The van der Waals surface area contributed by atoms with E-state index in [-0.39, 0.29) is 23.0 Å². The molecule has 4 rings (SSSR count). The smallest absolute Gasteiger partial charge is 0.336 e. The lowest BCUT2D eigenvalue weighted by Crippen LogP contribution is -2.43. The Kier molecular flexibility index (Phi) is 3.87. The maximum absolute atomic E-state index is 12.2. The molecule has 4 fully saturated rings. The Morgan fingerprint density at radius 1 is 1.38 bits per heavy atom. The monoisotopic (exact) mass is 362 g/mol. The van der Waals surface area contributed by atoms with Crippen molar-refractivity contribution in [3.63, 3.8) is 0 Å². The molecule has 2 N–H and O–H groups in total. The molecule has 2 saturated heterocycles. The molecule has 7 atom stereocenters. The molecular formula is C19H22O7. The highest BCUT2D eigenvalue weighted by molar-refractivity contribution is 5.92. The highest BCUT2D eigenvalue weighted by Gasteiger charge is 2.70. The quantitative estimate of drug-likeness (QED) is 0.321. The van der Waals surface area contributed by atoms with Crippen LogP contribution < -0.4 is 0 Å². The molecule has 7 nitrogen and oxygen atoms in total. The zero-order chi connectivity index (χ0) is 18.8. The van der Waals surface area contributed by atoms with Crippen molar-refractivity contribution in [1.29, 1.82) is 0 Å². The first-order chi connectivity index (χ1) is 12.3.